The van der Waals surface area contributed by atoms with E-state index in [2.05, 4.69) is 10.1 Å². The van der Waals surface area contributed by atoms with Crippen LogP contribution in [0.4, 0.5) is 4.39 Å². The average molecular weight is 312 g/mol. The number of rotatable bonds is 6. The fraction of sp³-hybridized carbons (Fsp3) is 0.429. The van der Waals surface area contributed by atoms with Gasteiger partial charge < -0.3 is 14.7 Å². The summed E-state index contributed by atoms with van der Waals surface area (Å²) in [5, 5.41) is 21.8. The van der Waals surface area contributed by atoms with E-state index < -0.39 is 6.10 Å². The summed E-state index contributed by atoms with van der Waals surface area (Å²) in [6, 6.07) is 4.77. The van der Waals surface area contributed by atoms with Crippen LogP contribution in [-0.2, 0) is 0 Å². The van der Waals surface area contributed by atoms with Crippen LogP contribution >= 0.6 is 11.8 Å². The van der Waals surface area contributed by atoms with Gasteiger partial charge in [-0.1, -0.05) is 17.3 Å². The maximum absolute atomic E-state index is 13.5. The van der Waals surface area contributed by atoms with Crippen LogP contribution in [0.2, 0.25) is 0 Å². The zero-order valence-corrected chi connectivity index (χ0v) is 12.6. The average Bonchev–Trinajstić information content (AvgIpc) is 2.97. The first kappa shape index (κ1) is 15.9. The Morgan fingerprint density at radius 2 is 2.19 bits per heavy atom. The van der Waals surface area contributed by atoms with Crippen molar-refractivity contribution in [2.45, 2.75) is 25.2 Å². The Bertz CT molecular complexity index is 606. The summed E-state index contributed by atoms with van der Waals surface area (Å²) in [6.45, 7) is 3.27. The monoisotopic (exact) mass is 312 g/mol. The number of aliphatic hydroxyl groups is 2. The molecule has 1 heterocycles. The molecule has 0 fully saturated rings. The van der Waals surface area contributed by atoms with Crippen molar-refractivity contribution in [1.29, 1.82) is 0 Å². The lowest BCUT2D eigenvalue weighted by molar-refractivity contribution is 0.113. The Morgan fingerprint density at radius 1 is 1.43 bits per heavy atom. The van der Waals surface area contributed by atoms with Gasteiger partial charge in [-0.25, -0.2) is 4.39 Å². The van der Waals surface area contributed by atoms with Gasteiger partial charge in [0.2, 0.25) is 11.7 Å². The topological polar surface area (TPSA) is 79.4 Å². The van der Waals surface area contributed by atoms with Crippen molar-refractivity contribution < 1.29 is 19.1 Å². The molecule has 114 valence electrons. The maximum Gasteiger partial charge on any atom is 0.239 e. The van der Waals surface area contributed by atoms with Crippen molar-refractivity contribution in [3.05, 3.63) is 35.5 Å². The molecule has 2 N–H and O–H groups in total. The van der Waals surface area contributed by atoms with Crippen molar-refractivity contribution in [2.75, 3.05) is 12.4 Å². The summed E-state index contributed by atoms with van der Waals surface area (Å²) in [5.74, 6) is 0.793. The van der Waals surface area contributed by atoms with Crippen LogP contribution in [0.5, 0.6) is 0 Å². The molecule has 0 saturated heterocycles. The number of hydrogen-bond acceptors (Lipinski definition) is 6. The molecule has 0 aliphatic rings. The summed E-state index contributed by atoms with van der Waals surface area (Å²) >= 11 is 1.40. The molecule has 2 atom stereocenters. The van der Waals surface area contributed by atoms with Gasteiger partial charge >= 0.3 is 0 Å². The van der Waals surface area contributed by atoms with E-state index in [0.717, 1.165) is 0 Å². The normalized spacial score (nSPS) is 14.1. The van der Waals surface area contributed by atoms with Crippen molar-refractivity contribution >= 4 is 11.8 Å². The number of thioether (sulfide) groups is 1. The molecule has 0 bridgehead atoms. The Labute approximate surface area is 126 Å². The van der Waals surface area contributed by atoms with Crippen molar-refractivity contribution in [2.24, 2.45) is 0 Å². The third-order valence-electron chi connectivity index (χ3n) is 2.97. The van der Waals surface area contributed by atoms with Gasteiger partial charge in [0, 0.05) is 11.3 Å². The van der Waals surface area contributed by atoms with E-state index in [1.807, 2.05) is 6.92 Å². The highest BCUT2D eigenvalue weighted by atomic mass is 32.2. The zero-order chi connectivity index (χ0) is 15.4. The first-order chi connectivity index (χ1) is 10.0. The Morgan fingerprint density at radius 3 is 2.86 bits per heavy atom. The number of hydrogen-bond donors (Lipinski definition) is 2. The third kappa shape index (κ3) is 4.03. The minimum atomic E-state index is -0.772. The lowest BCUT2D eigenvalue weighted by atomic mass is 10.1. The number of aliphatic hydroxyl groups excluding tert-OH is 2. The van der Waals surface area contributed by atoms with Gasteiger partial charge in [-0.05, 0) is 25.5 Å². The van der Waals surface area contributed by atoms with Crippen LogP contribution in [0.3, 0.4) is 0 Å². The number of benzene rings is 1. The molecule has 7 heteroatoms. The highest BCUT2D eigenvalue weighted by Gasteiger charge is 2.17. The predicted octanol–water partition coefficient (Wildman–Crippen LogP) is 2.33. The summed E-state index contributed by atoms with van der Waals surface area (Å²) < 4.78 is 18.7. The van der Waals surface area contributed by atoms with E-state index in [1.165, 1.54) is 17.8 Å². The Kier molecular flexibility index (Phi) is 5.33. The molecule has 2 unspecified atom stereocenters. The van der Waals surface area contributed by atoms with Gasteiger partial charge in [-0.2, -0.15) is 4.98 Å². The van der Waals surface area contributed by atoms with Crippen LogP contribution in [0, 0.1) is 12.7 Å². The number of halogens is 1. The summed E-state index contributed by atoms with van der Waals surface area (Å²) in [6.07, 6.45) is -0.772. The molecule has 2 aromatic rings. The van der Waals surface area contributed by atoms with Gasteiger partial charge in [-0.15, -0.1) is 11.8 Å². The zero-order valence-electron chi connectivity index (χ0n) is 11.8. The molecule has 21 heavy (non-hydrogen) atoms. The lowest BCUT2D eigenvalue weighted by Gasteiger charge is -2.09. The largest absolute Gasteiger partial charge is 0.394 e. The predicted molar refractivity (Wildman–Crippen MR) is 78.4 cm³/mol. The third-order valence-corrected chi connectivity index (χ3v) is 4.25. The number of aryl methyl sites for hydroxylation is 1. The minimum absolute atomic E-state index is 0.122. The Balaban J connectivity index is 2.08. The molecular weight excluding hydrogens is 295 g/mol. The van der Waals surface area contributed by atoms with E-state index in [4.69, 9.17) is 9.63 Å². The molecular formula is C14H17FN2O3S. The quantitative estimate of drug-likeness (QED) is 0.852. The molecule has 0 radical (unpaired) electrons. The van der Waals surface area contributed by atoms with E-state index >= 15 is 0 Å². The van der Waals surface area contributed by atoms with E-state index in [1.54, 1.807) is 19.1 Å². The first-order valence-electron chi connectivity index (χ1n) is 6.52. The lowest BCUT2D eigenvalue weighted by Crippen LogP contribution is -2.15. The molecule has 0 amide bonds. The van der Waals surface area contributed by atoms with Crippen molar-refractivity contribution in [3.63, 3.8) is 0 Å². The Hall–Kier alpha value is -1.44. The molecule has 0 aliphatic heterocycles. The molecule has 1 aromatic heterocycles. The summed E-state index contributed by atoms with van der Waals surface area (Å²) in [4.78, 5) is 4.25. The first-order valence-corrected chi connectivity index (χ1v) is 7.56. The summed E-state index contributed by atoms with van der Waals surface area (Å²) in [7, 11) is 0. The van der Waals surface area contributed by atoms with Gasteiger partial charge in [0.15, 0.2) is 0 Å². The highest BCUT2D eigenvalue weighted by Crippen LogP contribution is 2.29. The summed E-state index contributed by atoms with van der Waals surface area (Å²) in [5.41, 5.74) is 1.12. The second-order valence-electron chi connectivity index (χ2n) is 4.73. The van der Waals surface area contributed by atoms with Crippen LogP contribution in [0.25, 0.3) is 11.4 Å². The fourth-order valence-electron chi connectivity index (χ4n) is 1.63. The standard InChI is InChI=1S/C14H17FN2O3S/c1-8-3-4-10(5-12(8)15)13-16-14(20-17-13)9(2)21-7-11(19)6-18/h3-5,9,11,18-19H,6-7H2,1-2H3. The second-order valence-corrected chi connectivity index (χ2v) is 6.11. The SMILES string of the molecule is Cc1ccc(-c2noc(C(C)SCC(O)CO)n2)cc1F. The van der Waals surface area contributed by atoms with E-state index in [9.17, 15) is 9.50 Å². The van der Waals surface area contributed by atoms with Crippen LogP contribution in [-0.4, -0.2) is 38.8 Å². The minimum Gasteiger partial charge on any atom is -0.394 e. The molecule has 5 nitrogen and oxygen atoms in total. The molecule has 1 aromatic carbocycles. The van der Waals surface area contributed by atoms with Crippen LogP contribution in [0.1, 0.15) is 23.6 Å². The molecule has 0 spiro atoms. The van der Waals surface area contributed by atoms with Crippen LogP contribution < -0.4 is 0 Å². The van der Waals surface area contributed by atoms with Crippen LogP contribution in [0.15, 0.2) is 22.7 Å². The molecule has 0 saturated carbocycles. The fourth-order valence-corrected chi connectivity index (χ4v) is 2.48. The van der Waals surface area contributed by atoms with Gasteiger partial charge in [0.1, 0.15) is 5.82 Å². The molecule has 2 rings (SSSR count). The number of nitrogens with zero attached hydrogens (tertiary/aromatic N) is 2. The maximum atomic E-state index is 13.5. The number of aromatic nitrogens is 2. The highest BCUT2D eigenvalue weighted by molar-refractivity contribution is 7.99. The van der Waals surface area contributed by atoms with Crippen molar-refractivity contribution in [3.8, 4) is 11.4 Å². The van der Waals surface area contributed by atoms with Gasteiger partial charge in [-0.3, -0.25) is 0 Å². The molecule has 0 aliphatic carbocycles. The van der Waals surface area contributed by atoms with E-state index in [-0.39, 0.29) is 17.7 Å². The van der Waals surface area contributed by atoms with Gasteiger partial charge in [0.25, 0.3) is 0 Å². The van der Waals surface area contributed by atoms with E-state index in [0.29, 0.717) is 28.6 Å². The second kappa shape index (κ2) is 7.02. The smallest absolute Gasteiger partial charge is 0.239 e. The van der Waals surface area contributed by atoms with Crippen molar-refractivity contribution in [1.82, 2.24) is 10.1 Å². The van der Waals surface area contributed by atoms with Gasteiger partial charge in [0.05, 0.1) is 18.0 Å².